The second-order valence-corrected chi connectivity index (χ2v) is 4.66. The predicted molar refractivity (Wildman–Crippen MR) is 76.1 cm³/mol. The Labute approximate surface area is 111 Å². The number of phenols is 1. The molecule has 94 valence electrons. The van der Waals surface area contributed by atoms with Crippen molar-refractivity contribution in [3.8, 4) is 5.75 Å². The van der Waals surface area contributed by atoms with Crippen molar-refractivity contribution < 1.29 is 5.11 Å². The molecule has 0 spiro atoms. The first kappa shape index (κ1) is 12.6. The average molecular weight is 263 g/mol. The number of hydrogen-bond acceptors (Lipinski definition) is 3. The number of anilines is 2. The zero-order chi connectivity index (χ0) is 13.1. The van der Waals surface area contributed by atoms with Crippen LogP contribution in [-0.4, -0.2) is 12.2 Å². The van der Waals surface area contributed by atoms with Crippen LogP contribution < -0.4 is 10.6 Å². The van der Waals surface area contributed by atoms with Crippen molar-refractivity contribution in [2.45, 2.75) is 6.54 Å². The van der Waals surface area contributed by atoms with Gasteiger partial charge in [0, 0.05) is 36.1 Å². The maximum absolute atomic E-state index is 9.45. The third-order valence-corrected chi connectivity index (χ3v) is 3.02. The number of hydrogen-bond donors (Lipinski definition) is 2. The third-order valence-electron chi connectivity index (χ3n) is 2.78. The Morgan fingerprint density at radius 1 is 1.22 bits per heavy atom. The highest BCUT2D eigenvalue weighted by Gasteiger charge is 2.06. The Morgan fingerprint density at radius 3 is 2.72 bits per heavy atom. The Morgan fingerprint density at radius 2 is 2.00 bits per heavy atom. The second-order valence-electron chi connectivity index (χ2n) is 4.22. The van der Waals surface area contributed by atoms with Gasteiger partial charge in [-0.3, -0.25) is 0 Å². The van der Waals surface area contributed by atoms with Crippen LogP contribution >= 0.6 is 11.6 Å². The van der Waals surface area contributed by atoms with Crippen molar-refractivity contribution in [1.82, 2.24) is 0 Å². The minimum Gasteiger partial charge on any atom is -0.508 e. The molecule has 0 radical (unpaired) electrons. The average Bonchev–Trinajstić information content (AvgIpc) is 2.34. The topological polar surface area (TPSA) is 49.5 Å². The van der Waals surface area contributed by atoms with Gasteiger partial charge in [-0.15, -0.1) is 0 Å². The number of nitrogens with two attached hydrogens (primary N) is 1. The van der Waals surface area contributed by atoms with Crippen molar-refractivity contribution >= 4 is 23.0 Å². The summed E-state index contributed by atoms with van der Waals surface area (Å²) >= 11 is 5.96. The van der Waals surface area contributed by atoms with Crippen LogP contribution in [0.1, 0.15) is 5.56 Å². The Bertz CT molecular complexity index is 557. The lowest BCUT2D eigenvalue weighted by molar-refractivity contribution is 0.475. The van der Waals surface area contributed by atoms with Crippen LogP contribution in [0.4, 0.5) is 11.4 Å². The SMILES string of the molecule is CN(Cc1cc(Cl)ccc1N)c1cccc(O)c1. The monoisotopic (exact) mass is 262 g/mol. The summed E-state index contributed by atoms with van der Waals surface area (Å²) in [6.45, 7) is 0.635. The normalized spacial score (nSPS) is 10.3. The van der Waals surface area contributed by atoms with Crippen LogP contribution in [0.25, 0.3) is 0 Å². The summed E-state index contributed by atoms with van der Waals surface area (Å²) in [5.41, 5.74) is 8.52. The first-order valence-electron chi connectivity index (χ1n) is 5.60. The van der Waals surface area contributed by atoms with Gasteiger partial charge in [-0.2, -0.15) is 0 Å². The molecular formula is C14H15ClN2O. The molecule has 18 heavy (non-hydrogen) atoms. The molecule has 0 fully saturated rings. The summed E-state index contributed by atoms with van der Waals surface area (Å²) in [5, 5.41) is 10.1. The van der Waals surface area contributed by atoms with Crippen LogP contribution in [0.5, 0.6) is 5.75 Å². The molecule has 3 N–H and O–H groups in total. The molecule has 0 atom stereocenters. The quantitative estimate of drug-likeness (QED) is 0.835. The van der Waals surface area contributed by atoms with Crippen molar-refractivity contribution in [2.24, 2.45) is 0 Å². The molecule has 0 bridgehead atoms. The zero-order valence-corrected chi connectivity index (χ0v) is 10.9. The molecule has 2 aromatic rings. The lowest BCUT2D eigenvalue weighted by Crippen LogP contribution is -2.17. The molecule has 0 amide bonds. The third kappa shape index (κ3) is 2.87. The highest BCUT2D eigenvalue weighted by molar-refractivity contribution is 6.30. The lowest BCUT2D eigenvalue weighted by Gasteiger charge is -2.20. The molecule has 2 aromatic carbocycles. The summed E-state index contributed by atoms with van der Waals surface area (Å²) in [6.07, 6.45) is 0. The van der Waals surface area contributed by atoms with Crippen LogP contribution in [0.15, 0.2) is 42.5 Å². The first-order valence-corrected chi connectivity index (χ1v) is 5.98. The molecule has 0 aliphatic carbocycles. The van der Waals surface area contributed by atoms with Crippen LogP contribution in [-0.2, 0) is 6.54 Å². The van der Waals surface area contributed by atoms with Gasteiger partial charge in [-0.25, -0.2) is 0 Å². The summed E-state index contributed by atoms with van der Waals surface area (Å²) in [6, 6.07) is 12.5. The van der Waals surface area contributed by atoms with Gasteiger partial charge in [-0.05, 0) is 35.9 Å². The van der Waals surface area contributed by atoms with E-state index < -0.39 is 0 Å². The van der Waals surface area contributed by atoms with Crippen molar-refractivity contribution in [1.29, 1.82) is 0 Å². The molecule has 0 unspecified atom stereocenters. The van der Waals surface area contributed by atoms with Gasteiger partial charge in [0.05, 0.1) is 0 Å². The zero-order valence-electron chi connectivity index (χ0n) is 10.1. The Kier molecular flexibility index (Phi) is 3.63. The minimum atomic E-state index is 0.249. The standard InChI is InChI=1S/C14H15ClN2O/c1-17(12-3-2-4-13(18)8-12)9-10-7-11(15)5-6-14(10)16/h2-8,18H,9,16H2,1H3. The van der Waals surface area contributed by atoms with Gasteiger partial charge in [0.15, 0.2) is 0 Å². The maximum Gasteiger partial charge on any atom is 0.117 e. The van der Waals surface area contributed by atoms with E-state index in [-0.39, 0.29) is 5.75 Å². The Hall–Kier alpha value is -1.87. The second kappa shape index (κ2) is 5.19. The van der Waals surface area contributed by atoms with E-state index in [1.165, 1.54) is 0 Å². The smallest absolute Gasteiger partial charge is 0.117 e. The van der Waals surface area contributed by atoms with E-state index in [1.807, 2.05) is 30.1 Å². The Balaban J connectivity index is 2.21. The number of halogens is 1. The molecule has 0 saturated carbocycles. The fraction of sp³-hybridized carbons (Fsp3) is 0.143. The highest BCUT2D eigenvalue weighted by atomic mass is 35.5. The summed E-state index contributed by atoms with van der Waals surface area (Å²) in [5.74, 6) is 0.249. The number of nitrogen functional groups attached to an aromatic ring is 1. The van der Waals surface area contributed by atoms with E-state index in [2.05, 4.69) is 0 Å². The molecule has 4 heteroatoms. The molecule has 2 rings (SSSR count). The maximum atomic E-state index is 9.45. The van der Waals surface area contributed by atoms with Gasteiger partial charge in [0.25, 0.3) is 0 Å². The van der Waals surface area contributed by atoms with E-state index in [9.17, 15) is 5.11 Å². The summed E-state index contributed by atoms with van der Waals surface area (Å²) < 4.78 is 0. The van der Waals surface area contributed by atoms with E-state index >= 15 is 0 Å². The lowest BCUT2D eigenvalue weighted by atomic mass is 10.1. The number of phenolic OH excluding ortho intramolecular Hbond substituents is 1. The fourth-order valence-corrected chi connectivity index (χ4v) is 1.98. The molecule has 0 saturated heterocycles. The van der Waals surface area contributed by atoms with Gasteiger partial charge >= 0.3 is 0 Å². The number of rotatable bonds is 3. The summed E-state index contributed by atoms with van der Waals surface area (Å²) in [4.78, 5) is 2.00. The van der Waals surface area contributed by atoms with Crippen molar-refractivity contribution in [3.63, 3.8) is 0 Å². The number of nitrogens with zero attached hydrogens (tertiary/aromatic N) is 1. The van der Waals surface area contributed by atoms with Gasteiger partial charge in [0.1, 0.15) is 5.75 Å². The molecule has 0 aliphatic heterocycles. The molecule has 3 nitrogen and oxygen atoms in total. The number of aromatic hydroxyl groups is 1. The molecule has 0 aliphatic rings. The van der Waals surface area contributed by atoms with Gasteiger partial charge in [-0.1, -0.05) is 17.7 Å². The largest absolute Gasteiger partial charge is 0.508 e. The molecular weight excluding hydrogens is 248 g/mol. The fourth-order valence-electron chi connectivity index (χ4n) is 1.79. The van der Waals surface area contributed by atoms with Gasteiger partial charge in [0.2, 0.25) is 0 Å². The van der Waals surface area contributed by atoms with E-state index in [0.717, 1.165) is 11.3 Å². The molecule has 0 heterocycles. The highest BCUT2D eigenvalue weighted by Crippen LogP contribution is 2.24. The van der Waals surface area contributed by atoms with Crippen LogP contribution in [0, 0.1) is 0 Å². The summed E-state index contributed by atoms with van der Waals surface area (Å²) in [7, 11) is 1.94. The minimum absolute atomic E-state index is 0.249. The predicted octanol–water partition coefficient (Wildman–Crippen LogP) is 3.26. The van der Waals surface area contributed by atoms with E-state index in [0.29, 0.717) is 17.3 Å². The van der Waals surface area contributed by atoms with Crippen molar-refractivity contribution in [3.05, 3.63) is 53.1 Å². The van der Waals surface area contributed by atoms with Crippen LogP contribution in [0.2, 0.25) is 5.02 Å². The van der Waals surface area contributed by atoms with E-state index in [4.69, 9.17) is 17.3 Å². The number of benzene rings is 2. The van der Waals surface area contributed by atoms with Crippen molar-refractivity contribution in [2.75, 3.05) is 17.7 Å². The first-order chi connectivity index (χ1) is 8.56. The molecule has 0 aromatic heterocycles. The van der Waals surface area contributed by atoms with E-state index in [1.54, 1.807) is 24.3 Å². The van der Waals surface area contributed by atoms with Gasteiger partial charge < -0.3 is 15.7 Å². The van der Waals surface area contributed by atoms with Crippen LogP contribution in [0.3, 0.4) is 0 Å².